The Morgan fingerprint density at radius 2 is 1.74 bits per heavy atom. The summed E-state index contributed by atoms with van der Waals surface area (Å²) in [6.45, 7) is -0.231. The normalized spacial score (nSPS) is 15.7. The molecule has 1 aliphatic carbocycles. The molecule has 1 saturated carbocycles. The van der Waals surface area contributed by atoms with E-state index in [-0.39, 0.29) is 19.2 Å². The van der Waals surface area contributed by atoms with Gasteiger partial charge in [-0.2, -0.15) is 10.1 Å². The van der Waals surface area contributed by atoms with E-state index in [1.807, 2.05) is 12.1 Å². The van der Waals surface area contributed by atoms with E-state index >= 15 is 0 Å². The largest absolute Gasteiger partial charge is 0.394 e. The standard InChI is InChI=1S/C21H28N6O3S/c1-31(29,30)26(12-13-28)17-8-10-19(11-9-17)27(18-6-4-2-3-5-7-18)21-22-14-16-15-23-25-20(16)24-21/h8-11,14-15,18,28H,2-7,12-13H2,1H3,(H,22,23,24,25). The zero-order valence-electron chi connectivity index (χ0n) is 17.6. The molecule has 1 aromatic carbocycles. The summed E-state index contributed by atoms with van der Waals surface area (Å²) >= 11 is 0. The van der Waals surface area contributed by atoms with Crippen LogP contribution in [0, 0.1) is 0 Å². The number of nitrogens with one attached hydrogen (secondary N) is 1. The summed E-state index contributed by atoms with van der Waals surface area (Å²) in [5.74, 6) is 0.603. The Morgan fingerprint density at radius 3 is 2.39 bits per heavy atom. The first-order valence-corrected chi connectivity index (χ1v) is 12.5. The van der Waals surface area contributed by atoms with Crippen LogP contribution >= 0.6 is 0 Å². The van der Waals surface area contributed by atoms with Gasteiger partial charge in [0, 0.05) is 17.9 Å². The number of hydrogen-bond acceptors (Lipinski definition) is 7. The van der Waals surface area contributed by atoms with Crippen molar-refractivity contribution in [2.75, 3.05) is 28.6 Å². The van der Waals surface area contributed by atoms with Crippen LogP contribution in [0.4, 0.5) is 17.3 Å². The summed E-state index contributed by atoms with van der Waals surface area (Å²) in [6.07, 6.45) is 11.5. The first kappa shape index (κ1) is 21.5. The second kappa shape index (κ2) is 9.19. The number of aliphatic hydroxyl groups is 1. The maximum absolute atomic E-state index is 12.1. The van der Waals surface area contributed by atoms with Gasteiger partial charge in [-0.25, -0.2) is 13.4 Å². The molecule has 4 rings (SSSR count). The summed E-state index contributed by atoms with van der Waals surface area (Å²) in [5, 5.41) is 17.1. The van der Waals surface area contributed by atoms with Gasteiger partial charge in [0.15, 0.2) is 5.65 Å². The molecule has 1 fully saturated rings. The number of hydrogen-bond donors (Lipinski definition) is 2. The van der Waals surface area contributed by atoms with Gasteiger partial charge in [0.25, 0.3) is 0 Å². The predicted octanol–water partition coefficient (Wildman–Crippen LogP) is 2.97. The molecule has 0 amide bonds. The van der Waals surface area contributed by atoms with Crippen molar-refractivity contribution < 1.29 is 13.5 Å². The summed E-state index contributed by atoms with van der Waals surface area (Å²) in [5.41, 5.74) is 2.12. The molecule has 166 valence electrons. The molecule has 0 atom stereocenters. The highest BCUT2D eigenvalue weighted by molar-refractivity contribution is 7.92. The molecule has 0 aliphatic heterocycles. The molecule has 0 spiro atoms. The Balaban J connectivity index is 1.72. The lowest BCUT2D eigenvalue weighted by Crippen LogP contribution is -2.33. The fourth-order valence-electron chi connectivity index (χ4n) is 4.21. The van der Waals surface area contributed by atoms with E-state index in [0.717, 1.165) is 43.0 Å². The average molecular weight is 445 g/mol. The second-order valence-corrected chi connectivity index (χ2v) is 9.84. The van der Waals surface area contributed by atoms with Crippen molar-refractivity contribution in [2.45, 2.75) is 44.6 Å². The van der Waals surface area contributed by atoms with E-state index in [9.17, 15) is 13.5 Å². The van der Waals surface area contributed by atoms with E-state index in [1.54, 1.807) is 24.5 Å². The third kappa shape index (κ3) is 4.80. The van der Waals surface area contributed by atoms with Crippen LogP contribution in [-0.4, -0.2) is 59.1 Å². The van der Waals surface area contributed by atoms with Crippen molar-refractivity contribution in [3.8, 4) is 0 Å². The molecule has 0 radical (unpaired) electrons. The lowest BCUT2D eigenvalue weighted by molar-refractivity contribution is 0.307. The van der Waals surface area contributed by atoms with Crippen molar-refractivity contribution in [3.05, 3.63) is 36.7 Å². The number of anilines is 3. The summed E-state index contributed by atoms with van der Waals surface area (Å²) in [6, 6.07) is 7.60. The topological polar surface area (TPSA) is 115 Å². The first-order valence-electron chi connectivity index (χ1n) is 10.6. The van der Waals surface area contributed by atoms with Crippen molar-refractivity contribution in [1.29, 1.82) is 0 Å². The minimum Gasteiger partial charge on any atom is -0.394 e. The zero-order chi connectivity index (χ0) is 21.8. The van der Waals surface area contributed by atoms with E-state index in [4.69, 9.17) is 4.98 Å². The maximum Gasteiger partial charge on any atom is 0.232 e. The van der Waals surface area contributed by atoms with Gasteiger partial charge in [0.2, 0.25) is 16.0 Å². The monoisotopic (exact) mass is 444 g/mol. The SMILES string of the molecule is CS(=O)(=O)N(CCO)c1ccc(N(c2ncc3cn[nH]c3n2)C2CCCCCC2)cc1. The number of aliphatic hydroxyl groups excluding tert-OH is 1. The Kier molecular flexibility index (Phi) is 6.38. The number of H-pyrrole nitrogens is 1. The molecule has 0 saturated heterocycles. The average Bonchev–Trinajstić information content (AvgIpc) is 3.06. The van der Waals surface area contributed by atoms with Crippen LogP contribution in [0.1, 0.15) is 38.5 Å². The van der Waals surface area contributed by atoms with Gasteiger partial charge in [0.1, 0.15) is 0 Å². The second-order valence-electron chi connectivity index (χ2n) is 7.93. The molecular weight excluding hydrogens is 416 g/mol. The summed E-state index contributed by atoms with van der Waals surface area (Å²) < 4.78 is 25.5. The van der Waals surface area contributed by atoms with Gasteiger partial charge in [-0.3, -0.25) is 9.40 Å². The van der Waals surface area contributed by atoms with Gasteiger partial charge < -0.3 is 10.0 Å². The Hall–Kier alpha value is -2.72. The van der Waals surface area contributed by atoms with Gasteiger partial charge in [0.05, 0.1) is 36.7 Å². The molecular formula is C21H28N6O3S. The number of aromatic nitrogens is 4. The third-order valence-corrected chi connectivity index (χ3v) is 6.90. The number of benzene rings is 1. The van der Waals surface area contributed by atoms with Crippen molar-refractivity contribution in [1.82, 2.24) is 20.2 Å². The molecule has 10 heteroatoms. The highest BCUT2D eigenvalue weighted by atomic mass is 32.2. The molecule has 2 aromatic heterocycles. The maximum atomic E-state index is 12.1. The quantitative estimate of drug-likeness (QED) is 0.538. The smallest absolute Gasteiger partial charge is 0.232 e. The number of rotatable bonds is 7. The lowest BCUT2D eigenvalue weighted by Gasteiger charge is -2.32. The van der Waals surface area contributed by atoms with Crippen LogP contribution < -0.4 is 9.21 Å². The molecule has 31 heavy (non-hydrogen) atoms. The predicted molar refractivity (Wildman–Crippen MR) is 121 cm³/mol. The van der Waals surface area contributed by atoms with Crippen LogP contribution in [0.15, 0.2) is 36.7 Å². The Labute approximate surface area is 182 Å². The van der Waals surface area contributed by atoms with Crippen LogP contribution in [0.2, 0.25) is 0 Å². The van der Waals surface area contributed by atoms with Gasteiger partial charge in [-0.15, -0.1) is 0 Å². The van der Waals surface area contributed by atoms with Crippen LogP contribution in [-0.2, 0) is 10.0 Å². The van der Waals surface area contributed by atoms with Gasteiger partial charge >= 0.3 is 0 Å². The first-order chi connectivity index (χ1) is 15.0. The number of nitrogens with zero attached hydrogens (tertiary/aromatic N) is 5. The Bertz CT molecular complexity index is 1110. The third-order valence-electron chi connectivity index (χ3n) is 5.70. The fraction of sp³-hybridized carbons (Fsp3) is 0.476. The Morgan fingerprint density at radius 1 is 1.06 bits per heavy atom. The molecule has 2 N–H and O–H groups in total. The molecule has 0 unspecified atom stereocenters. The molecule has 1 aliphatic rings. The van der Waals surface area contributed by atoms with E-state index in [0.29, 0.717) is 17.3 Å². The molecule has 2 heterocycles. The highest BCUT2D eigenvalue weighted by Gasteiger charge is 2.25. The van der Waals surface area contributed by atoms with Crippen molar-refractivity contribution in [3.63, 3.8) is 0 Å². The summed E-state index contributed by atoms with van der Waals surface area (Å²) in [4.78, 5) is 11.5. The van der Waals surface area contributed by atoms with Crippen molar-refractivity contribution in [2.24, 2.45) is 0 Å². The fourth-order valence-corrected chi connectivity index (χ4v) is 5.13. The lowest BCUT2D eigenvalue weighted by atomic mass is 10.1. The van der Waals surface area contributed by atoms with E-state index in [2.05, 4.69) is 20.1 Å². The van der Waals surface area contributed by atoms with Crippen LogP contribution in [0.5, 0.6) is 0 Å². The molecule has 3 aromatic rings. The van der Waals surface area contributed by atoms with Gasteiger partial charge in [-0.05, 0) is 37.1 Å². The number of aromatic amines is 1. The number of fused-ring (bicyclic) bond motifs is 1. The van der Waals surface area contributed by atoms with E-state index in [1.165, 1.54) is 17.1 Å². The zero-order valence-corrected chi connectivity index (χ0v) is 18.4. The van der Waals surface area contributed by atoms with E-state index < -0.39 is 10.0 Å². The molecule has 9 nitrogen and oxygen atoms in total. The van der Waals surface area contributed by atoms with Crippen LogP contribution in [0.25, 0.3) is 11.0 Å². The number of sulfonamides is 1. The highest BCUT2D eigenvalue weighted by Crippen LogP contribution is 2.33. The minimum absolute atomic E-state index is 0.0180. The van der Waals surface area contributed by atoms with Gasteiger partial charge in [-0.1, -0.05) is 25.7 Å². The van der Waals surface area contributed by atoms with Crippen LogP contribution in [0.3, 0.4) is 0 Å². The van der Waals surface area contributed by atoms with Crippen molar-refractivity contribution >= 4 is 38.4 Å². The minimum atomic E-state index is -3.48. The summed E-state index contributed by atoms with van der Waals surface area (Å²) in [7, 11) is -3.48. The molecule has 0 bridgehead atoms.